The molecule has 7 heteroatoms. The Bertz CT molecular complexity index is 606. The minimum atomic E-state index is -2.01. The third-order valence-electron chi connectivity index (χ3n) is 8.12. The van der Waals surface area contributed by atoms with E-state index < -0.39 is 24.6 Å². The van der Waals surface area contributed by atoms with Gasteiger partial charge in [-0.05, 0) is 69.6 Å². The molecule has 2 aliphatic carbocycles. The van der Waals surface area contributed by atoms with E-state index in [1.54, 1.807) is 0 Å². The minimum Gasteiger partial charge on any atom is -0.354 e. The summed E-state index contributed by atoms with van der Waals surface area (Å²) in [5.74, 6) is 0.922. The summed E-state index contributed by atoms with van der Waals surface area (Å²) >= 11 is 0. The molecule has 0 aromatic carbocycles. The number of nitrogens with one attached hydrogen (secondary N) is 3. The van der Waals surface area contributed by atoms with Crippen LogP contribution in [0.15, 0.2) is 0 Å². The fourth-order valence-corrected chi connectivity index (χ4v) is 6.67. The first-order valence-electron chi connectivity index (χ1n) is 11.5. The smallest absolute Gasteiger partial charge is 0.223 e. The molecular formula is C22H36F3N3O. The summed E-state index contributed by atoms with van der Waals surface area (Å²) in [4.78, 5) is 12.7. The van der Waals surface area contributed by atoms with E-state index in [-0.39, 0.29) is 48.2 Å². The molecule has 1 amide bonds. The molecule has 4 rings (SSSR count). The standard InChI is InChI=1S/C22H36F3N3O/c1-10(2)27-22(29)13-5-4-11(3)20-12(13)6-7-17(28-20)15-9-26-21-14(15)8-16(23)18(24)19(21)25/h10-21,26,28H,4-9H2,1-3H3,(H,27,29). The average Bonchev–Trinajstić information content (AvgIpc) is 3.09. The van der Waals surface area contributed by atoms with Gasteiger partial charge in [-0.3, -0.25) is 4.79 Å². The van der Waals surface area contributed by atoms with Crippen molar-refractivity contribution in [3.63, 3.8) is 0 Å². The number of halogens is 3. The van der Waals surface area contributed by atoms with Crippen LogP contribution in [0.2, 0.25) is 0 Å². The van der Waals surface area contributed by atoms with Gasteiger partial charge in [-0.2, -0.15) is 0 Å². The Labute approximate surface area is 172 Å². The third kappa shape index (κ3) is 3.93. The van der Waals surface area contributed by atoms with Crippen LogP contribution in [0, 0.1) is 29.6 Å². The number of carbonyl (C=O) groups excluding carboxylic acids is 1. The number of amides is 1. The van der Waals surface area contributed by atoms with Crippen LogP contribution in [0.3, 0.4) is 0 Å². The summed E-state index contributed by atoms with van der Waals surface area (Å²) in [5, 5.41) is 10.0. The fraction of sp³-hybridized carbons (Fsp3) is 0.955. The van der Waals surface area contributed by atoms with Gasteiger partial charge in [0.25, 0.3) is 0 Å². The molecule has 0 bridgehead atoms. The Morgan fingerprint density at radius 1 is 0.966 bits per heavy atom. The molecule has 166 valence electrons. The Hall–Kier alpha value is -0.820. The number of hydrogen-bond donors (Lipinski definition) is 3. The molecule has 4 nitrogen and oxygen atoms in total. The molecule has 2 saturated carbocycles. The van der Waals surface area contributed by atoms with Gasteiger partial charge in [0.1, 0.15) is 12.3 Å². The van der Waals surface area contributed by atoms with E-state index in [0.29, 0.717) is 18.4 Å². The molecule has 11 atom stereocenters. The highest BCUT2D eigenvalue weighted by Crippen LogP contribution is 2.45. The van der Waals surface area contributed by atoms with Crippen LogP contribution >= 0.6 is 0 Å². The van der Waals surface area contributed by atoms with Gasteiger partial charge >= 0.3 is 0 Å². The minimum absolute atomic E-state index is 0.0360. The first kappa shape index (κ1) is 21.4. The molecular weight excluding hydrogens is 379 g/mol. The summed E-state index contributed by atoms with van der Waals surface area (Å²) in [6.45, 7) is 6.82. The van der Waals surface area contributed by atoms with E-state index in [0.717, 1.165) is 25.7 Å². The molecule has 2 aliphatic heterocycles. The lowest BCUT2D eigenvalue weighted by atomic mass is 9.64. The van der Waals surface area contributed by atoms with E-state index in [1.807, 2.05) is 13.8 Å². The van der Waals surface area contributed by atoms with Crippen molar-refractivity contribution in [3.05, 3.63) is 0 Å². The van der Waals surface area contributed by atoms with Crippen molar-refractivity contribution in [2.24, 2.45) is 29.6 Å². The normalized spacial score (nSPS) is 50.1. The highest BCUT2D eigenvalue weighted by molar-refractivity contribution is 5.79. The van der Waals surface area contributed by atoms with Crippen molar-refractivity contribution in [1.82, 2.24) is 16.0 Å². The molecule has 3 N–H and O–H groups in total. The van der Waals surface area contributed by atoms with Gasteiger partial charge in [-0.1, -0.05) is 6.92 Å². The van der Waals surface area contributed by atoms with Crippen molar-refractivity contribution in [3.8, 4) is 0 Å². The predicted molar refractivity (Wildman–Crippen MR) is 107 cm³/mol. The zero-order valence-electron chi connectivity index (χ0n) is 17.7. The molecule has 4 aliphatic rings. The SMILES string of the molecule is CC(C)NC(=O)C1CCC(C)C2NC(C3CNC4C(F)C(F)C(F)CC34)CCC12. The fourth-order valence-electron chi connectivity index (χ4n) is 6.67. The van der Waals surface area contributed by atoms with Crippen LogP contribution in [-0.2, 0) is 4.79 Å². The van der Waals surface area contributed by atoms with Crippen molar-refractivity contribution in [1.29, 1.82) is 0 Å². The molecule has 11 unspecified atom stereocenters. The maximum absolute atomic E-state index is 14.4. The number of carbonyl (C=O) groups is 1. The van der Waals surface area contributed by atoms with Gasteiger partial charge in [0.05, 0.1) is 0 Å². The summed E-state index contributed by atoms with van der Waals surface area (Å²) in [5.41, 5.74) is 0. The third-order valence-corrected chi connectivity index (χ3v) is 8.12. The molecule has 29 heavy (non-hydrogen) atoms. The highest BCUT2D eigenvalue weighted by atomic mass is 19.2. The highest BCUT2D eigenvalue weighted by Gasteiger charge is 2.54. The van der Waals surface area contributed by atoms with Gasteiger partial charge in [-0.25, -0.2) is 13.2 Å². The van der Waals surface area contributed by atoms with Crippen LogP contribution in [0.1, 0.15) is 52.9 Å². The van der Waals surface area contributed by atoms with E-state index in [9.17, 15) is 18.0 Å². The number of hydrogen-bond acceptors (Lipinski definition) is 3. The summed E-state index contributed by atoms with van der Waals surface area (Å²) in [7, 11) is 0. The van der Waals surface area contributed by atoms with Gasteiger partial charge in [0.2, 0.25) is 5.91 Å². The lowest BCUT2D eigenvalue weighted by Gasteiger charge is -2.49. The lowest BCUT2D eigenvalue weighted by Crippen LogP contribution is -2.60. The van der Waals surface area contributed by atoms with Crippen LogP contribution in [0.25, 0.3) is 0 Å². The second kappa shape index (κ2) is 8.37. The Morgan fingerprint density at radius 2 is 1.72 bits per heavy atom. The Balaban J connectivity index is 1.45. The Kier molecular flexibility index (Phi) is 6.18. The van der Waals surface area contributed by atoms with Gasteiger partial charge in [-0.15, -0.1) is 0 Å². The second-order valence-corrected chi connectivity index (χ2v) is 10.3. The second-order valence-electron chi connectivity index (χ2n) is 10.3. The molecule has 0 radical (unpaired) electrons. The van der Waals surface area contributed by atoms with E-state index in [2.05, 4.69) is 22.9 Å². The number of fused-ring (bicyclic) bond motifs is 2. The largest absolute Gasteiger partial charge is 0.354 e. The van der Waals surface area contributed by atoms with Gasteiger partial charge in [0, 0.05) is 36.6 Å². The van der Waals surface area contributed by atoms with Crippen molar-refractivity contribution in [2.45, 2.75) is 95.6 Å². The van der Waals surface area contributed by atoms with Gasteiger partial charge in [0.15, 0.2) is 6.17 Å². The van der Waals surface area contributed by atoms with Crippen molar-refractivity contribution in [2.75, 3.05) is 6.54 Å². The molecule has 0 spiro atoms. The topological polar surface area (TPSA) is 53.2 Å². The zero-order valence-corrected chi connectivity index (χ0v) is 17.7. The number of alkyl halides is 3. The first-order valence-corrected chi connectivity index (χ1v) is 11.5. The van der Waals surface area contributed by atoms with Crippen LogP contribution in [0.5, 0.6) is 0 Å². The maximum Gasteiger partial charge on any atom is 0.223 e. The average molecular weight is 416 g/mol. The molecule has 0 aromatic rings. The van der Waals surface area contributed by atoms with Crippen molar-refractivity contribution >= 4 is 5.91 Å². The predicted octanol–water partition coefficient (Wildman–Crippen LogP) is 2.92. The van der Waals surface area contributed by atoms with Crippen LogP contribution < -0.4 is 16.0 Å². The first-order chi connectivity index (χ1) is 13.8. The summed E-state index contributed by atoms with van der Waals surface area (Å²) in [6.07, 6.45) is -1.58. The number of rotatable bonds is 3. The summed E-state index contributed by atoms with van der Waals surface area (Å²) < 4.78 is 42.2. The lowest BCUT2D eigenvalue weighted by molar-refractivity contribution is -0.130. The van der Waals surface area contributed by atoms with E-state index in [1.165, 1.54) is 0 Å². The van der Waals surface area contributed by atoms with Crippen molar-refractivity contribution < 1.29 is 18.0 Å². The molecule has 2 heterocycles. The zero-order chi connectivity index (χ0) is 20.9. The van der Waals surface area contributed by atoms with Gasteiger partial charge < -0.3 is 16.0 Å². The van der Waals surface area contributed by atoms with E-state index >= 15 is 0 Å². The molecule has 2 saturated heterocycles. The summed E-state index contributed by atoms with van der Waals surface area (Å²) in [6, 6.07) is -0.0121. The quantitative estimate of drug-likeness (QED) is 0.664. The molecule has 4 fully saturated rings. The molecule has 0 aromatic heterocycles. The van der Waals surface area contributed by atoms with Crippen LogP contribution in [0.4, 0.5) is 13.2 Å². The maximum atomic E-state index is 14.4. The monoisotopic (exact) mass is 415 g/mol. The van der Waals surface area contributed by atoms with Crippen LogP contribution in [-0.4, -0.2) is 55.1 Å². The Morgan fingerprint density at radius 3 is 2.45 bits per heavy atom. The van der Waals surface area contributed by atoms with E-state index in [4.69, 9.17) is 0 Å². The number of piperidine rings is 1.